The molecule has 0 saturated carbocycles. The van der Waals surface area contributed by atoms with Gasteiger partial charge in [0.05, 0.1) is 18.3 Å². The van der Waals surface area contributed by atoms with Gasteiger partial charge in [0.2, 0.25) is 0 Å². The summed E-state index contributed by atoms with van der Waals surface area (Å²) < 4.78 is 0. The van der Waals surface area contributed by atoms with Crippen LogP contribution in [0.2, 0.25) is 0 Å². The molecule has 1 amide bonds. The van der Waals surface area contributed by atoms with Crippen LogP contribution in [0.15, 0.2) is 30.6 Å². The quantitative estimate of drug-likeness (QED) is 0.764. The molecule has 6 nitrogen and oxygen atoms in total. The predicted octanol–water partition coefficient (Wildman–Crippen LogP) is 1.22. The third-order valence-corrected chi connectivity index (χ3v) is 3.12. The Labute approximate surface area is 117 Å². The summed E-state index contributed by atoms with van der Waals surface area (Å²) in [5.74, 6) is -0.114. The number of nitrogens with zero attached hydrogens (tertiary/aromatic N) is 2. The van der Waals surface area contributed by atoms with E-state index in [-0.39, 0.29) is 24.5 Å². The zero-order chi connectivity index (χ0) is 14.5. The maximum Gasteiger partial charge on any atom is 0.269 e. The van der Waals surface area contributed by atoms with Gasteiger partial charge in [-0.25, -0.2) is 0 Å². The number of aliphatic hydroxyl groups is 1. The number of nitrogens with one attached hydrogen (secondary N) is 2. The van der Waals surface area contributed by atoms with Gasteiger partial charge in [0, 0.05) is 18.0 Å². The van der Waals surface area contributed by atoms with Crippen molar-refractivity contribution in [1.82, 2.24) is 20.5 Å². The number of rotatable bonds is 5. The maximum atomic E-state index is 12.1. The molecule has 0 aliphatic heterocycles. The number of aliphatic hydroxyl groups excluding tert-OH is 1. The standard InChI is InChI=1S/C14H18N4O2/c1-9(2)13(8-19)16-14(20)12-7-11(17-18-12)10-3-5-15-6-4-10/h3-7,9,13,19H,8H2,1-2H3,(H,16,20)(H,17,18)/t13-/m0/s1. The van der Waals surface area contributed by atoms with Crippen LogP contribution < -0.4 is 5.32 Å². The van der Waals surface area contributed by atoms with Gasteiger partial charge in [-0.05, 0) is 24.1 Å². The van der Waals surface area contributed by atoms with Crippen molar-refractivity contribution in [3.8, 4) is 11.3 Å². The number of aromatic nitrogens is 3. The summed E-state index contributed by atoms with van der Waals surface area (Å²) in [6.07, 6.45) is 3.34. The van der Waals surface area contributed by atoms with Crippen molar-refractivity contribution in [1.29, 1.82) is 0 Å². The van der Waals surface area contributed by atoms with Gasteiger partial charge in [-0.3, -0.25) is 14.9 Å². The molecule has 106 valence electrons. The van der Waals surface area contributed by atoms with Crippen molar-refractivity contribution in [3.05, 3.63) is 36.3 Å². The van der Waals surface area contributed by atoms with Crippen LogP contribution in [0.25, 0.3) is 11.3 Å². The topological polar surface area (TPSA) is 90.9 Å². The number of hydrogen-bond acceptors (Lipinski definition) is 4. The molecule has 0 aliphatic rings. The normalized spacial score (nSPS) is 12.4. The summed E-state index contributed by atoms with van der Waals surface area (Å²) >= 11 is 0. The van der Waals surface area contributed by atoms with Crippen molar-refractivity contribution in [2.75, 3.05) is 6.61 Å². The van der Waals surface area contributed by atoms with E-state index in [1.165, 1.54) is 0 Å². The molecule has 0 unspecified atom stereocenters. The third kappa shape index (κ3) is 3.21. The highest BCUT2D eigenvalue weighted by Gasteiger charge is 2.18. The van der Waals surface area contributed by atoms with Crippen molar-refractivity contribution >= 4 is 5.91 Å². The first kappa shape index (κ1) is 14.2. The van der Waals surface area contributed by atoms with E-state index in [1.807, 2.05) is 26.0 Å². The van der Waals surface area contributed by atoms with Crippen LogP contribution in [0.5, 0.6) is 0 Å². The molecular formula is C14H18N4O2. The number of amides is 1. The summed E-state index contributed by atoms with van der Waals surface area (Å²) in [5, 5.41) is 18.8. The fourth-order valence-corrected chi connectivity index (χ4v) is 1.78. The number of pyridine rings is 1. The Morgan fingerprint density at radius 2 is 2.10 bits per heavy atom. The maximum absolute atomic E-state index is 12.1. The highest BCUT2D eigenvalue weighted by Crippen LogP contribution is 2.16. The molecule has 2 aromatic heterocycles. The molecule has 0 bridgehead atoms. The van der Waals surface area contributed by atoms with Crippen molar-refractivity contribution in [3.63, 3.8) is 0 Å². The predicted molar refractivity (Wildman–Crippen MR) is 75.0 cm³/mol. The Morgan fingerprint density at radius 3 is 2.70 bits per heavy atom. The van der Waals surface area contributed by atoms with Gasteiger partial charge < -0.3 is 10.4 Å². The molecule has 0 saturated heterocycles. The molecule has 0 aliphatic carbocycles. The molecule has 1 atom stereocenters. The first-order valence-electron chi connectivity index (χ1n) is 6.49. The molecular weight excluding hydrogens is 256 g/mol. The second kappa shape index (κ2) is 6.29. The number of carbonyl (C=O) groups excluding carboxylic acids is 1. The van der Waals surface area contributed by atoms with E-state index >= 15 is 0 Å². The Hall–Kier alpha value is -2.21. The Bertz CT molecular complexity index is 566. The Morgan fingerprint density at radius 1 is 1.40 bits per heavy atom. The van der Waals surface area contributed by atoms with Gasteiger partial charge in [0.15, 0.2) is 0 Å². The summed E-state index contributed by atoms with van der Waals surface area (Å²) in [6.45, 7) is 3.79. The molecule has 0 aromatic carbocycles. The SMILES string of the molecule is CC(C)[C@H](CO)NC(=O)c1cc(-c2ccncc2)n[nH]1. The van der Waals surface area contributed by atoms with Gasteiger partial charge in [0.1, 0.15) is 5.69 Å². The van der Waals surface area contributed by atoms with Gasteiger partial charge >= 0.3 is 0 Å². The molecule has 2 rings (SSSR count). The molecule has 3 N–H and O–H groups in total. The molecule has 2 heterocycles. The minimum absolute atomic E-state index is 0.0885. The van der Waals surface area contributed by atoms with Gasteiger partial charge in [-0.1, -0.05) is 13.8 Å². The lowest BCUT2D eigenvalue weighted by molar-refractivity contribution is 0.0892. The molecule has 20 heavy (non-hydrogen) atoms. The summed E-state index contributed by atoms with van der Waals surface area (Å²) in [6, 6.07) is 5.06. The summed E-state index contributed by atoms with van der Waals surface area (Å²) in [4.78, 5) is 16.0. The number of aromatic amines is 1. The van der Waals surface area contributed by atoms with Gasteiger partial charge in [-0.2, -0.15) is 5.10 Å². The highest BCUT2D eigenvalue weighted by atomic mass is 16.3. The van der Waals surface area contributed by atoms with E-state index in [1.54, 1.807) is 18.5 Å². The summed E-state index contributed by atoms with van der Waals surface area (Å²) in [5.41, 5.74) is 1.94. The number of carbonyl (C=O) groups is 1. The minimum atomic E-state index is -0.273. The minimum Gasteiger partial charge on any atom is -0.394 e. The molecule has 0 spiro atoms. The van der Waals surface area contributed by atoms with E-state index in [2.05, 4.69) is 20.5 Å². The molecule has 6 heteroatoms. The first-order chi connectivity index (χ1) is 9.61. The van der Waals surface area contributed by atoms with E-state index in [9.17, 15) is 9.90 Å². The van der Waals surface area contributed by atoms with Crippen LogP contribution in [-0.2, 0) is 0 Å². The molecule has 2 aromatic rings. The van der Waals surface area contributed by atoms with Gasteiger partial charge in [0.25, 0.3) is 5.91 Å². The Balaban J connectivity index is 2.11. The summed E-state index contributed by atoms with van der Waals surface area (Å²) in [7, 11) is 0. The second-order valence-corrected chi connectivity index (χ2v) is 4.91. The zero-order valence-electron chi connectivity index (χ0n) is 11.5. The van der Waals surface area contributed by atoms with Gasteiger partial charge in [-0.15, -0.1) is 0 Å². The van der Waals surface area contributed by atoms with Crippen LogP contribution in [0, 0.1) is 5.92 Å². The van der Waals surface area contributed by atoms with E-state index < -0.39 is 0 Å². The smallest absolute Gasteiger partial charge is 0.269 e. The van der Waals surface area contributed by atoms with E-state index in [0.717, 1.165) is 5.56 Å². The Kier molecular flexibility index (Phi) is 4.47. The largest absolute Gasteiger partial charge is 0.394 e. The van der Waals surface area contributed by atoms with Crippen molar-refractivity contribution in [2.24, 2.45) is 5.92 Å². The third-order valence-electron chi connectivity index (χ3n) is 3.12. The first-order valence-corrected chi connectivity index (χ1v) is 6.49. The lowest BCUT2D eigenvalue weighted by Gasteiger charge is -2.19. The molecule has 0 radical (unpaired) electrons. The zero-order valence-corrected chi connectivity index (χ0v) is 11.5. The average Bonchev–Trinajstić information content (AvgIpc) is 2.95. The molecule has 0 fully saturated rings. The fraction of sp³-hybridized carbons (Fsp3) is 0.357. The van der Waals surface area contributed by atoms with Crippen molar-refractivity contribution < 1.29 is 9.90 Å². The highest BCUT2D eigenvalue weighted by molar-refractivity contribution is 5.93. The fourth-order valence-electron chi connectivity index (χ4n) is 1.78. The second-order valence-electron chi connectivity index (χ2n) is 4.91. The van der Waals surface area contributed by atoms with Crippen LogP contribution in [0.4, 0.5) is 0 Å². The number of H-pyrrole nitrogens is 1. The monoisotopic (exact) mass is 274 g/mol. The number of hydrogen-bond donors (Lipinski definition) is 3. The van der Waals surface area contributed by atoms with Crippen LogP contribution in [-0.4, -0.2) is 38.8 Å². The van der Waals surface area contributed by atoms with Crippen molar-refractivity contribution in [2.45, 2.75) is 19.9 Å². The lowest BCUT2D eigenvalue weighted by Crippen LogP contribution is -2.41. The average molecular weight is 274 g/mol. The van der Waals surface area contributed by atoms with Crippen LogP contribution in [0.3, 0.4) is 0 Å². The van der Waals surface area contributed by atoms with Crippen LogP contribution in [0.1, 0.15) is 24.3 Å². The van der Waals surface area contributed by atoms with E-state index in [0.29, 0.717) is 11.4 Å². The van der Waals surface area contributed by atoms with E-state index in [4.69, 9.17) is 0 Å². The van der Waals surface area contributed by atoms with Crippen LogP contribution >= 0.6 is 0 Å². The lowest BCUT2D eigenvalue weighted by atomic mass is 10.1.